The van der Waals surface area contributed by atoms with Crippen LogP contribution in [0.2, 0.25) is 0 Å². The van der Waals surface area contributed by atoms with E-state index in [1.807, 2.05) is 37.3 Å². The average molecular weight is 345 g/mol. The lowest BCUT2D eigenvalue weighted by Gasteiger charge is -2.15. The summed E-state index contributed by atoms with van der Waals surface area (Å²) in [5.41, 5.74) is 4.22. The van der Waals surface area contributed by atoms with E-state index < -0.39 is 0 Å². The molecule has 2 nitrogen and oxygen atoms in total. The second-order valence-corrected chi connectivity index (χ2v) is 5.68. The molecule has 4 heteroatoms. The molecule has 1 heterocycles. The number of nitrogens with one attached hydrogen (secondary N) is 1. The van der Waals surface area contributed by atoms with Crippen LogP contribution in [0.4, 0.5) is 10.1 Å². The predicted molar refractivity (Wildman–Crippen MR) is 89.1 cm³/mol. The second kappa shape index (κ2) is 5.45. The van der Waals surface area contributed by atoms with E-state index in [2.05, 4.69) is 26.2 Å². The molecule has 1 N–H and O–H groups in total. The van der Waals surface area contributed by atoms with E-state index in [1.54, 1.807) is 13.1 Å². The Morgan fingerprint density at radius 1 is 1.10 bits per heavy atom. The van der Waals surface area contributed by atoms with Crippen LogP contribution in [0, 0.1) is 12.7 Å². The number of fused-ring (bicyclic) bond motifs is 1. The van der Waals surface area contributed by atoms with Crippen molar-refractivity contribution in [1.82, 2.24) is 4.98 Å². The van der Waals surface area contributed by atoms with E-state index in [9.17, 15) is 4.39 Å². The van der Waals surface area contributed by atoms with Crippen molar-refractivity contribution in [2.75, 3.05) is 12.4 Å². The van der Waals surface area contributed by atoms with Gasteiger partial charge < -0.3 is 5.32 Å². The van der Waals surface area contributed by atoms with Gasteiger partial charge in [0, 0.05) is 17.1 Å². The molecule has 3 aromatic rings. The molecule has 0 aliphatic carbocycles. The van der Waals surface area contributed by atoms with E-state index >= 15 is 0 Å². The summed E-state index contributed by atoms with van der Waals surface area (Å²) in [5.74, 6) is -0.271. The first-order valence-electron chi connectivity index (χ1n) is 6.65. The standard InChI is InChI=1S/C17H14BrFN2/c1-10-15(11-6-4-3-5-7-11)21-17-12(18)8-9-13(19)14(17)16(10)20-2/h3-9H,1-2H3,(H,20,21). The zero-order chi connectivity index (χ0) is 15.0. The summed E-state index contributed by atoms with van der Waals surface area (Å²) in [6, 6.07) is 13.1. The number of anilines is 1. The summed E-state index contributed by atoms with van der Waals surface area (Å²) in [7, 11) is 1.80. The monoisotopic (exact) mass is 344 g/mol. The van der Waals surface area contributed by atoms with Crippen molar-refractivity contribution in [3.8, 4) is 11.3 Å². The molecular weight excluding hydrogens is 331 g/mol. The van der Waals surface area contributed by atoms with Crippen LogP contribution in [-0.2, 0) is 0 Å². The van der Waals surface area contributed by atoms with Crippen molar-refractivity contribution in [3.05, 3.63) is 58.3 Å². The molecule has 0 saturated heterocycles. The fourth-order valence-corrected chi connectivity index (χ4v) is 3.00. The van der Waals surface area contributed by atoms with Crippen LogP contribution in [0.15, 0.2) is 46.9 Å². The molecule has 106 valence electrons. The van der Waals surface area contributed by atoms with Crippen LogP contribution in [0.25, 0.3) is 22.2 Å². The minimum atomic E-state index is -0.271. The Bertz CT molecular complexity index is 816. The van der Waals surface area contributed by atoms with Crippen LogP contribution >= 0.6 is 15.9 Å². The van der Waals surface area contributed by atoms with E-state index in [1.165, 1.54) is 6.07 Å². The Balaban J connectivity index is 2.44. The Morgan fingerprint density at radius 3 is 2.48 bits per heavy atom. The second-order valence-electron chi connectivity index (χ2n) is 4.83. The van der Waals surface area contributed by atoms with Gasteiger partial charge in [-0.1, -0.05) is 30.3 Å². The highest BCUT2D eigenvalue weighted by molar-refractivity contribution is 9.10. The summed E-state index contributed by atoms with van der Waals surface area (Å²) < 4.78 is 15.0. The van der Waals surface area contributed by atoms with Gasteiger partial charge in [0.25, 0.3) is 0 Å². The van der Waals surface area contributed by atoms with Gasteiger partial charge in [-0.3, -0.25) is 0 Å². The molecular formula is C17H14BrFN2. The molecule has 0 fully saturated rings. The van der Waals surface area contributed by atoms with E-state index in [0.717, 1.165) is 27.0 Å². The number of benzene rings is 2. The molecule has 21 heavy (non-hydrogen) atoms. The zero-order valence-electron chi connectivity index (χ0n) is 11.7. The number of nitrogens with zero attached hydrogens (tertiary/aromatic N) is 1. The van der Waals surface area contributed by atoms with Crippen LogP contribution in [0.3, 0.4) is 0 Å². The van der Waals surface area contributed by atoms with E-state index in [-0.39, 0.29) is 5.82 Å². The average Bonchev–Trinajstić information content (AvgIpc) is 2.51. The number of halogens is 2. The molecule has 2 aromatic carbocycles. The quantitative estimate of drug-likeness (QED) is 0.694. The third kappa shape index (κ3) is 2.29. The molecule has 3 rings (SSSR count). The first-order valence-corrected chi connectivity index (χ1v) is 7.44. The van der Waals surface area contributed by atoms with Crippen molar-refractivity contribution in [1.29, 1.82) is 0 Å². The van der Waals surface area contributed by atoms with Crippen molar-refractivity contribution >= 4 is 32.5 Å². The van der Waals surface area contributed by atoms with Gasteiger partial charge in [0.05, 0.1) is 22.3 Å². The highest BCUT2D eigenvalue weighted by Crippen LogP contribution is 2.37. The summed E-state index contributed by atoms with van der Waals surface area (Å²) in [6.45, 7) is 1.96. The number of hydrogen-bond acceptors (Lipinski definition) is 2. The van der Waals surface area contributed by atoms with Crippen LogP contribution in [-0.4, -0.2) is 12.0 Å². The topological polar surface area (TPSA) is 24.9 Å². The van der Waals surface area contributed by atoms with Crippen molar-refractivity contribution in [3.63, 3.8) is 0 Å². The van der Waals surface area contributed by atoms with Gasteiger partial charge in [-0.2, -0.15) is 0 Å². The molecule has 0 unspecified atom stereocenters. The third-order valence-corrected chi connectivity index (χ3v) is 4.22. The van der Waals surface area contributed by atoms with E-state index in [0.29, 0.717) is 10.9 Å². The molecule has 0 aliphatic rings. The van der Waals surface area contributed by atoms with Gasteiger partial charge in [-0.15, -0.1) is 0 Å². The molecule has 1 aromatic heterocycles. The maximum Gasteiger partial charge on any atom is 0.134 e. The summed E-state index contributed by atoms with van der Waals surface area (Å²) in [6.07, 6.45) is 0. The van der Waals surface area contributed by atoms with Gasteiger partial charge in [0.15, 0.2) is 0 Å². The fourth-order valence-electron chi connectivity index (χ4n) is 2.58. The lowest BCUT2D eigenvalue weighted by atomic mass is 10.0. The number of hydrogen-bond donors (Lipinski definition) is 1. The lowest BCUT2D eigenvalue weighted by Crippen LogP contribution is -2.01. The van der Waals surface area contributed by atoms with Crippen molar-refractivity contribution in [2.24, 2.45) is 0 Å². The van der Waals surface area contributed by atoms with Gasteiger partial charge in [0.1, 0.15) is 5.82 Å². The molecule has 0 bridgehead atoms. The Labute approximate surface area is 131 Å². The fraction of sp³-hybridized carbons (Fsp3) is 0.118. The summed E-state index contributed by atoms with van der Waals surface area (Å²) >= 11 is 3.47. The largest absolute Gasteiger partial charge is 0.387 e. The Kier molecular flexibility index (Phi) is 3.64. The Hall–Kier alpha value is -1.94. The van der Waals surface area contributed by atoms with Crippen molar-refractivity contribution in [2.45, 2.75) is 6.92 Å². The maximum atomic E-state index is 14.2. The summed E-state index contributed by atoms with van der Waals surface area (Å²) in [4.78, 5) is 4.69. The van der Waals surface area contributed by atoms with Crippen LogP contribution in [0.1, 0.15) is 5.56 Å². The van der Waals surface area contributed by atoms with Gasteiger partial charge in [0.2, 0.25) is 0 Å². The maximum absolute atomic E-state index is 14.2. The summed E-state index contributed by atoms with van der Waals surface area (Å²) in [5, 5.41) is 3.63. The Morgan fingerprint density at radius 2 is 1.81 bits per heavy atom. The minimum absolute atomic E-state index is 0.271. The highest BCUT2D eigenvalue weighted by atomic mass is 79.9. The number of rotatable bonds is 2. The molecule has 0 amide bonds. The molecule has 0 saturated carbocycles. The molecule has 0 atom stereocenters. The van der Waals surface area contributed by atoms with Gasteiger partial charge in [-0.05, 0) is 40.5 Å². The van der Waals surface area contributed by atoms with Gasteiger partial charge >= 0.3 is 0 Å². The van der Waals surface area contributed by atoms with Crippen molar-refractivity contribution < 1.29 is 4.39 Å². The predicted octanol–water partition coefficient (Wildman–Crippen LogP) is 5.15. The normalized spacial score (nSPS) is 10.9. The van der Waals surface area contributed by atoms with Gasteiger partial charge in [-0.25, -0.2) is 9.37 Å². The minimum Gasteiger partial charge on any atom is -0.387 e. The highest BCUT2D eigenvalue weighted by Gasteiger charge is 2.17. The van der Waals surface area contributed by atoms with E-state index in [4.69, 9.17) is 0 Å². The number of pyridine rings is 1. The smallest absolute Gasteiger partial charge is 0.134 e. The first-order chi connectivity index (χ1) is 10.1. The number of aromatic nitrogens is 1. The lowest BCUT2D eigenvalue weighted by molar-refractivity contribution is 0.639. The van der Waals surface area contributed by atoms with Crippen LogP contribution in [0.5, 0.6) is 0 Å². The first kappa shape index (κ1) is 14.0. The zero-order valence-corrected chi connectivity index (χ0v) is 13.3. The third-order valence-electron chi connectivity index (χ3n) is 3.58. The molecule has 0 radical (unpaired) electrons. The molecule has 0 aliphatic heterocycles. The SMILES string of the molecule is CNc1c(C)c(-c2ccccc2)nc2c(Br)ccc(F)c12. The molecule has 0 spiro atoms. The van der Waals surface area contributed by atoms with Crippen LogP contribution < -0.4 is 5.32 Å².